The van der Waals surface area contributed by atoms with E-state index in [1.807, 2.05) is 13.8 Å². The predicted octanol–water partition coefficient (Wildman–Crippen LogP) is 5.53. The Morgan fingerprint density at radius 3 is 2.62 bits per heavy atom. The lowest BCUT2D eigenvalue weighted by Crippen LogP contribution is -2.12. The molecule has 1 aromatic heterocycles. The molecule has 3 rings (SSSR count). The molecule has 0 radical (unpaired) electrons. The van der Waals surface area contributed by atoms with E-state index >= 15 is 0 Å². The Hall–Kier alpha value is -3.35. The van der Waals surface area contributed by atoms with Crippen LogP contribution in [0.5, 0.6) is 11.5 Å². The summed E-state index contributed by atoms with van der Waals surface area (Å²) in [7, 11) is 0. The fourth-order valence-corrected chi connectivity index (χ4v) is 2.81. The molecule has 1 heterocycles. The van der Waals surface area contributed by atoms with Crippen molar-refractivity contribution < 1.29 is 27.8 Å². The molecule has 0 unspecified atom stereocenters. The summed E-state index contributed by atoms with van der Waals surface area (Å²) < 4.78 is 37.3. The molecule has 5 nitrogen and oxygen atoms in total. The third kappa shape index (κ3) is 4.74. The first-order valence-corrected chi connectivity index (χ1v) is 9.06. The summed E-state index contributed by atoms with van der Waals surface area (Å²) >= 11 is 0. The van der Waals surface area contributed by atoms with E-state index in [0.29, 0.717) is 17.0 Å². The number of anilines is 1. The number of benzene rings is 2. The van der Waals surface area contributed by atoms with E-state index in [0.717, 1.165) is 17.7 Å². The molecule has 0 saturated carbocycles. The Morgan fingerprint density at radius 2 is 1.93 bits per heavy atom. The van der Waals surface area contributed by atoms with Crippen molar-refractivity contribution >= 4 is 11.6 Å². The van der Waals surface area contributed by atoms with E-state index < -0.39 is 17.5 Å². The van der Waals surface area contributed by atoms with Gasteiger partial charge in [-0.1, -0.05) is 13.8 Å². The number of ether oxygens (including phenoxy) is 1. The highest BCUT2D eigenvalue weighted by Crippen LogP contribution is 2.31. The number of hydrogen-bond donors (Lipinski definition) is 2. The van der Waals surface area contributed by atoms with Crippen molar-refractivity contribution in [3.63, 3.8) is 0 Å². The lowest BCUT2D eigenvalue weighted by atomic mass is 9.99. The van der Waals surface area contributed by atoms with Crippen molar-refractivity contribution in [1.82, 2.24) is 0 Å². The normalized spacial score (nSPS) is 11.0. The van der Waals surface area contributed by atoms with Crippen LogP contribution in [0.2, 0.25) is 0 Å². The number of phenols is 1. The first-order chi connectivity index (χ1) is 13.7. The zero-order valence-corrected chi connectivity index (χ0v) is 16.3. The summed E-state index contributed by atoms with van der Waals surface area (Å²) in [5, 5.41) is 12.8. The molecule has 1 amide bonds. The monoisotopic (exact) mass is 401 g/mol. The molecule has 0 atom stereocenters. The fraction of sp³-hybridized carbons (Fsp3) is 0.227. The van der Waals surface area contributed by atoms with Crippen molar-refractivity contribution in [2.24, 2.45) is 0 Å². The summed E-state index contributed by atoms with van der Waals surface area (Å²) in [6, 6.07) is 9.35. The van der Waals surface area contributed by atoms with Gasteiger partial charge in [0.25, 0.3) is 5.91 Å². The van der Waals surface area contributed by atoms with Crippen molar-refractivity contribution in [2.75, 3.05) is 5.32 Å². The molecule has 0 fully saturated rings. The second-order valence-electron chi connectivity index (χ2n) is 6.96. The molecule has 152 valence electrons. The molecule has 0 aliphatic carbocycles. The number of carbonyl (C=O) groups is 1. The van der Waals surface area contributed by atoms with E-state index in [1.54, 1.807) is 25.1 Å². The van der Waals surface area contributed by atoms with Crippen LogP contribution in [0, 0.1) is 18.6 Å². The van der Waals surface area contributed by atoms with E-state index in [9.17, 15) is 18.7 Å². The van der Waals surface area contributed by atoms with Crippen LogP contribution in [0.4, 0.5) is 14.5 Å². The largest absolute Gasteiger partial charge is 0.508 e. The van der Waals surface area contributed by atoms with Crippen LogP contribution in [0.15, 0.2) is 46.9 Å². The number of rotatable bonds is 6. The Labute approximate surface area is 166 Å². The average molecular weight is 401 g/mol. The Kier molecular flexibility index (Phi) is 5.87. The fourth-order valence-electron chi connectivity index (χ4n) is 2.81. The van der Waals surface area contributed by atoms with Crippen molar-refractivity contribution in [3.8, 4) is 11.5 Å². The number of phenolic OH excluding ortho intramolecular Hbond substituents is 1. The molecule has 29 heavy (non-hydrogen) atoms. The molecule has 0 bridgehead atoms. The van der Waals surface area contributed by atoms with Gasteiger partial charge < -0.3 is 19.6 Å². The molecular formula is C22H21F2NO4. The van der Waals surface area contributed by atoms with Gasteiger partial charge in [0.1, 0.15) is 23.9 Å². The highest BCUT2D eigenvalue weighted by Gasteiger charge is 2.16. The second-order valence-corrected chi connectivity index (χ2v) is 6.96. The van der Waals surface area contributed by atoms with Crippen LogP contribution in [0.25, 0.3) is 0 Å². The van der Waals surface area contributed by atoms with Gasteiger partial charge in [0.15, 0.2) is 17.3 Å². The van der Waals surface area contributed by atoms with Crippen molar-refractivity contribution in [1.29, 1.82) is 0 Å². The second kappa shape index (κ2) is 8.34. The van der Waals surface area contributed by atoms with Crippen LogP contribution in [-0.2, 0) is 6.61 Å². The average Bonchev–Trinajstić information content (AvgIpc) is 3.12. The van der Waals surface area contributed by atoms with Crippen LogP contribution in [0.3, 0.4) is 0 Å². The van der Waals surface area contributed by atoms with Gasteiger partial charge in [-0.15, -0.1) is 0 Å². The first-order valence-electron chi connectivity index (χ1n) is 9.06. The Bertz CT molecular complexity index is 1040. The van der Waals surface area contributed by atoms with E-state index in [1.165, 1.54) is 12.1 Å². The first kappa shape index (κ1) is 20.4. The zero-order valence-electron chi connectivity index (χ0n) is 16.3. The quantitative estimate of drug-likeness (QED) is 0.533. The summed E-state index contributed by atoms with van der Waals surface area (Å²) in [4.78, 5) is 12.5. The van der Waals surface area contributed by atoms with Crippen LogP contribution >= 0.6 is 0 Å². The lowest BCUT2D eigenvalue weighted by molar-refractivity contribution is 0.0992. The molecule has 7 heteroatoms. The Balaban J connectivity index is 1.69. The number of halogens is 2. The number of nitrogens with one attached hydrogen (secondary N) is 1. The predicted molar refractivity (Wildman–Crippen MR) is 104 cm³/mol. The standard InChI is InChI=1S/C22H21F2NO4/c1-12(2)16-10-18(13(3)8-19(16)26)25-22(27)21-7-5-15(29-21)11-28-20-6-4-14(23)9-17(20)24/h4-10,12,26H,11H2,1-3H3,(H,25,27). The molecule has 0 aliphatic heterocycles. The van der Waals surface area contributed by atoms with Crippen molar-refractivity contribution in [2.45, 2.75) is 33.3 Å². The molecule has 2 N–H and O–H groups in total. The minimum atomic E-state index is -0.821. The topological polar surface area (TPSA) is 71.7 Å². The van der Waals surface area contributed by atoms with Crippen LogP contribution < -0.4 is 10.1 Å². The summed E-state index contributed by atoms with van der Waals surface area (Å²) in [6.45, 7) is 5.54. The SMILES string of the molecule is Cc1cc(O)c(C(C)C)cc1NC(=O)c1ccc(COc2ccc(F)cc2F)o1. The maximum absolute atomic E-state index is 13.6. The molecule has 2 aromatic carbocycles. The lowest BCUT2D eigenvalue weighted by Gasteiger charge is -2.14. The summed E-state index contributed by atoms with van der Waals surface area (Å²) in [6.07, 6.45) is 0. The highest BCUT2D eigenvalue weighted by atomic mass is 19.1. The Morgan fingerprint density at radius 1 is 1.17 bits per heavy atom. The molecule has 0 aliphatic rings. The summed E-state index contributed by atoms with van der Waals surface area (Å²) in [5.41, 5.74) is 2.00. The van der Waals surface area contributed by atoms with Gasteiger partial charge in [-0.25, -0.2) is 8.78 Å². The zero-order chi connectivity index (χ0) is 21.1. The van der Waals surface area contributed by atoms with Gasteiger partial charge >= 0.3 is 0 Å². The number of furan rings is 1. The number of amides is 1. The third-order valence-corrected chi connectivity index (χ3v) is 4.39. The van der Waals surface area contributed by atoms with Crippen molar-refractivity contribution in [3.05, 3.63) is 76.7 Å². The van der Waals surface area contributed by atoms with E-state index in [-0.39, 0.29) is 29.8 Å². The maximum Gasteiger partial charge on any atom is 0.291 e. The van der Waals surface area contributed by atoms with E-state index in [4.69, 9.17) is 9.15 Å². The number of carbonyl (C=O) groups excluding carboxylic acids is 1. The van der Waals surface area contributed by atoms with Gasteiger partial charge in [-0.05, 0) is 60.4 Å². The van der Waals surface area contributed by atoms with Crippen LogP contribution in [0.1, 0.15) is 47.2 Å². The molecule has 3 aromatic rings. The minimum absolute atomic E-state index is 0.0572. The van der Waals surface area contributed by atoms with Crippen LogP contribution in [-0.4, -0.2) is 11.0 Å². The highest BCUT2D eigenvalue weighted by molar-refractivity contribution is 6.02. The van der Waals surface area contributed by atoms with Gasteiger partial charge in [-0.2, -0.15) is 0 Å². The number of hydrogen-bond acceptors (Lipinski definition) is 4. The molecular weight excluding hydrogens is 380 g/mol. The maximum atomic E-state index is 13.6. The van der Waals surface area contributed by atoms with E-state index in [2.05, 4.69) is 5.32 Å². The van der Waals surface area contributed by atoms with Gasteiger partial charge in [0.05, 0.1) is 0 Å². The molecule has 0 spiro atoms. The summed E-state index contributed by atoms with van der Waals surface area (Å²) in [5.74, 6) is -1.46. The third-order valence-electron chi connectivity index (χ3n) is 4.39. The minimum Gasteiger partial charge on any atom is -0.508 e. The van der Waals surface area contributed by atoms with Gasteiger partial charge in [-0.3, -0.25) is 4.79 Å². The number of aryl methyl sites for hydroxylation is 1. The smallest absolute Gasteiger partial charge is 0.291 e. The van der Waals surface area contributed by atoms with Gasteiger partial charge in [0.2, 0.25) is 0 Å². The number of aromatic hydroxyl groups is 1. The molecule has 0 saturated heterocycles. The van der Waals surface area contributed by atoms with Gasteiger partial charge in [0, 0.05) is 11.8 Å².